The Morgan fingerprint density at radius 3 is 2.38 bits per heavy atom. The fourth-order valence-electron chi connectivity index (χ4n) is 1.21. The van der Waals surface area contributed by atoms with Gasteiger partial charge >= 0.3 is 5.97 Å². The minimum atomic E-state index is -1.04. The lowest BCUT2D eigenvalue weighted by atomic mass is 10.3. The molecule has 16 heavy (non-hydrogen) atoms. The molecule has 6 heteroatoms. The first kappa shape index (κ1) is 12.1. The molecule has 0 saturated carbocycles. The third-order valence-electron chi connectivity index (χ3n) is 1.97. The van der Waals surface area contributed by atoms with Crippen molar-refractivity contribution in [2.75, 3.05) is 5.73 Å². The molecule has 84 valence electrons. The number of nitrogens with zero attached hydrogens (tertiary/aromatic N) is 2. The van der Waals surface area contributed by atoms with Crippen molar-refractivity contribution in [1.29, 1.82) is 0 Å². The van der Waals surface area contributed by atoms with Crippen LogP contribution >= 0.6 is 12.4 Å². The predicted octanol–water partition coefficient (Wildman–Crippen LogP) is 1.57. The number of carboxylic acid groups (broad SMARTS) is 1. The van der Waals surface area contributed by atoms with E-state index < -0.39 is 5.97 Å². The van der Waals surface area contributed by atoms with Crippen LogP contribution in [0.15, 0.2) is 36.5 Å². The summed E-state index contributed by atoms with van der Waals surface area (Å²) >= 11 is 0. The highest BCUT2D eigenvalue weighted by molar-refractivity contribution is 5.85. The van der Waals surface area contributed by atoms with Crippen molar-refractivity contribution in [2.24, 2.45) is 0 Å². The summed E-state index contributed by atoms with van der Waals surface area (Å²) in [4.78, 5) is 10.6. The van der Waals surface area contributed by atoms with Gasteiger partial charge in [0.05, 0.1) is 5.69 Å². The summed E-state index contributed by atoms with van der Waals surface area (Å²) in [5, 5.41) is 12.6. The Kier molecular flexibility index (Phi) is 3.52. The maximum Gasteiger partial charge on any atom is 0.356 e. The summed E-state index contributed by atoms with van der Waals surface area (Å²) in [5.74, 6) is -1.04. The molecule has 1 heterocycles. The summed E-state index contributed by atoms with van der Waals surface area (Å²) in [7, 11) is 0. The van der Waals surface area contributed by atoms with E-state index in [0.29, 0.717) is 5.69 Å². The zero-order chi connectivity index (χ0) is 10.8. The first-order chi connectivity index (χ1) is 7.16. The van der Waals surface area contributed by atoms with Crippen LogP contribution in [-0.4, -0.2) is 20.9 Å². The van der Waals surface area contributed by atoms with Gasteiger partial charge in [-0.05, 0) is 30.3 Å². The summed E-state index contributed by atoms with van der Waals surface area (Å²) < 4.78 is 1.49. The van der Waals surface area contributed by atoms with E-state index in [1.54, 1.807) is 30.5 Å². The molecule has 0 aliphatic rings. The Balaban J connectivity index is 0.00000128. The normalized spacial score (nSPS) is 9.50. The maximum absolute atomic E-state index is 10.6. The van der Waals surface area contributed by atoms with Crippen molar-refractivity contribution in [1.82, 2.24) is 9.78 Å². The molecule has 2 rings (SSSR count). The highest BCUT2D eigenvalue weighted by Crippen LogP contribution is 2.10. The predicted molar refractivity (Wildman–Crippen MR) is 62.2 cm³/mol. The summed E-state index contributed by atoms with van der Waals surface area (Å²) in [6, 6.07) is 8.45. The summed E-state index contributed by atoms with van der Waals surface area (Å²) in [6.07, 6.45) is 1.59. The molecule has 0 bridgehead atoms. The fraction of sp³-hybridized carbons (Fsp3) is 0. The average molecular weight is 240 g/mol. The van der Waals surface area contributed by atoms with Gasteiger partial charge in [-0.15, -0.1) is 12.4 Å². The van der Waals surface area contributed by atoms with Crippen LogP contribution in [0.3, 0.4) is 0 Å². The van der Waals surface area contributed by atoms with Gasteiger partial charge in [0.1, 0.15) is 0 Å². The second kappa shape index (κ2) is 4.67. The topological polar surface area (TPSA) is 81.1 Å². The number of aromatic nitrogens is 2. The zero-order valence-electron chi connectivity index (χ0n) is 8.20. The van der Waals surface area contributed by atoms with E-state index in [1.807, 2.05) is 0 Å². The summed E-state index contributed by atoms with van der Waals surface area (Å²) in [5.41, 5.74) is 6.99. The Bertz CT molecular complexity index is 493. The SMILES string of the molecule is Cl.Nc1ccc(-n2ccc(C(=O)O)n2)cc1. The second-order valence-corrected chi connectivity index (χ2v) is 3.04. The number of halogens is 1. The molecule has 5 nitrogen and oxygen atoms in total. The number of aromatic carboxylic acids is 1. The largest absolute Gasteiger partial charge is 0.476 e. The molecule has 3 N–H and O–H groups in total. The Morgan fingerprint density at radius 1 is 1.25 bits per heavy atom. The highest BCUT2D eigenvalue weighted by Gasteiger charge is 2.06. The number of rotatable bonds is 2. The molecule has 0 fully saturated rings. The van der Waals surface area contributed by atoms with Crippen LogP contribution in [0.25, 0.3) is 5.69 Å². The highest BCUT2D eigenvalue weighted by atomic mass is 35.5. The number of nitrogen functional groups attached to an aromatic ring is 1. The number of benzene rings is 1. The lowest BCUT2D eigenvalue weighted by Crippen LogP contribution is -2.00. The third-order valence-corrected chi connectivity index (χ3v) is 1.97. The standard InChI is InChI=1S/C10H9N3O2.ClH/c11-7-1-3-8(4-2-7)13-6-5-9(12-13)10(14)15;/h1-6H,11H2,(H,14,15);1H. The molecule has 0 atom stereocenters. The van der Waals surface area contributed by atoms with Crippen LogP contribution in [0.5, 0.6) is 0 Å². The van der Waals surface area contributed by atoms with Crippen molar-refractivity contribution in [3.05, 3.63) is 42.2 Å². The van der Waals surface area contributed by atoms with E-state index in [-0.39, 0.29) is 18.1 Å². The van der Waals surface area contributed by atoms with E-state index in [0.717, 1.165) is 5.69 Å². The molecule has 0 radical (unpaired) electrons. The first-order valence-electron chi connectivity index (χ1n) is 4.32. The third kappa shape index (κ3) is 2.32. The van der Waals surface area contributed by atoms with E-state index in [4.69, 9.17) is 10.8 Å². The molecule has 1 aromatic carbocycles. The molecule has 0 amide bonds. The van der Waals surface area contributed by atoms with Gasteiger partial charge < -0.3 is 10.8 Å². The van der Waals surface area contributed by atoms with Crippen molar-refractivity contribution < 1.29 is 9.90 Å². The number of carbonyl (C=O) groups is 1. The number of nitrogens with two attached hydrogens (primary N) is 1. The maximum atomic E-state index is 10.6. The molecule has 0 saturated heterocycles. The average Bonchev–Trinajstić information content (AvgIpc) is 2.68. The van der Waals surface area contributed by atoms with Gasteiger partial charge in [-0.3, -0.25) is 0 Å². The van der Waals surface area contributed by atoms with Gasteiger partial charge in [0.25, 0.3) is 0 Å². The van der Waals surface area contributed by atoms with E-state index in [1.165, 1.54) is 10.7 Å². The molecular weight excluding hydrogens is 230 g/mol. The van der Waals surface area contributed by atoms with Crippen molar-refractivity contribution in [3.63, 3.8) is 0 Å². The van der Waals surface area contributed by atoms with Gasteiger partial charge in [0, 0.05) is 11.9 Å². The summed E-state index contributed by atoms with van der Waals surface area (Å²) in [6.45, 7) is 0. The van der Waals surface area contributed by atoms with Crippen LogP contribution in [0, 0.1) is 0 Å². The lowest BCUT2D eigenvalue weighted by molar-refractivity contribution is 0.0690. The minimum Gasteiger partial charge on any atom is -0.476 e. The molecule has 2 aromatic rings. The number of anilines is 1. The van der Waals surface area contributed by atoms with Crippen LogP contribution in [0.2, 0.25) is 0 Å². The Morgan fingerprint density at radius 2 is 1.88 bits per heavy atom. The van der Waals surface area contributed by atoms with E-state index in [2.05, 4.69) is 5.10 Å². The molecule has 0 aliphatic carbocycles. The van der Waals surface area contributed by atoms with Gasteiger partial charge in [-0.2, -0.15) is 5.10 Å². The lowest BCUT2D eigenvalue weighted by Gasteiger charge is -2.00. The molecular formula is C10H10ClN3O2. The van der Waals surface area contributed by atoms with Gasteiger partial charge in [0.2, 0.25) is 0 Å². The number of carboxylic acids is 1. The fourth-order valence-corrected chi connectivity index (χ4v) is 1.21. The van der Waals surface area contributed by atoms with Crippen molar-refractivity contribution in [2.45, 2.75) is 0 Å². The van der Waals surface area contributed by atoms with Crippen molar-refractivity contribution in [3.8, 4) is 5.69 Å². The van der Waals surface area contributed by atoms with Crippen LogP contribution in [-0.2, 0) is 0 Å². The quantitative estimate of drug-likeness (QED) is 0.780. The van der Waals surface area contributed by atoms with Crippen molar-refractivity contribution >= 4 is 24.1 Å². The van der Waals surface area contributed by atoms with Gasteiger partial charge in [0.15, 0.2) is 5.69 Å². The van der Waals surface area contributed by atoms with Gasteiger partial charge in [-0.25, -0.2) is 9.48 Å². The Labute approximate surface area is 97.9 Å². The molecule has 0 unspecified atom stereocenters. The Hall–Kier alpha value is -2.01. The smallest absolute Gasteiger partial charge is 0.356 e. The molecule has 0 spiro atoms. The number of hydrogen-bond acceptors (Lipinski definition) is 3. The second-order valence-electron chi connectivity index (χ2n) is 3.04. The monoisotopic (exact) mass is 239 g/mol. The first-order valence-corrected chi connectivity index (χ1v) is 4.32. The van der Waals surface area contributed by atoms with Crippen LogP contribution < -0.4 is 5.73 Å². The molecule has 1 aromatic heterocycles. The van der Waals surface area contributed by atoms with Gasteiger partial charge in [-0.1, -0.05) is 0 Å². The van der Waals surface area contributed by atoms with E-state index in [9.17, 15) is 4.79 Å². The number of hydrogen-bond donors (Lipinski definition) is 2. The van der Waals surface area contributed by atoms with Crippen LogP contribution in [0.4, 0.5) is 5.69 Å². The van der Waals surface area contributed by atoms with Crippen LogP contribution in [0.1, 0.15) is 10.5 Å². The minimum absolute atomic E-state index is 0. The van der Waals surface area contributed by atoms with E-state index >= 15 is 0 Å². The molecule has 0 aliphatic heterocycles. The zero-order valence-corrected chi connectivity index (χ0v) is 9.02.